The third kappa shape index (κ3) is 8.53. The molecule has 0 fully saturated rings. The van der Waals surface area contributed by atoms with Gasteiger partial charge in [-0.05, 0) is 0 Å². The topological polar surface area (TPSA) is 0 Å². The molecule has 0 radical (unpaired) electrons. The SMILES string of the molecule is CCCCCC[CH2][Al]([CH3])[CH3]. The lowest BCUT2D eigenvalue weighted by molar-refractivity contribution is 0.654. The molecule has 0 saturated carbocycles. The zero-order valence-corrected chi connectivity index (χ0v) is 8.97. The number of hydrogen-bond donors (Lipinski definition) is 0. The minimum atomic E-state index is -0.222. The van der Waals surface area contributed by atoms with Crippen molar-refractivity contribution >= 4 is 14.1 Å². The Balaban J connectivity index is 2.77. The van der Waals surface area contributed by atoms with E-state index in [0.29, 0.717) is 0 Å². The van der Waals surface area contributed by atoms with Gasteiger partial charge in [0.2, 0.25) is 0 Å². The highest BCUT2D eigenvalue weighted by atomic mass is 27.2. The molecule has 0 amide bonds. The monoisotopic (exact) mass is 156 g/mol. The molecule has 0 aliphatic heterocycles. The van der Waals surface area contributed by atoms with Crippen LogP contribution in [0.5, 0.6) is 0 Å². The molecule has 0 rings (SSSR count). The van der Waals surface area contributed by atoms with Crippen molar-refractivity contribution in [2.45, 2.75) is 55.9 Å². The van der Waals surface area contributed by atoms with Gasteiger partial charge in [-0.25, -0.2) is 0 Å². The molecule has 0 aromatic heterocycles. The fraction of sp³-hybridized carbons (Fsp3) is 1.00. The Labute approximate surface area is 70.4 Å². The Morgan fingerprint density at radius 3 is 2.00 bits per heavy atom. The molecular weight excluding hydrogens is 135 g/mol. The predicted molar refractivity (Wildman–Crippen MR) is 51.0 cm³/mol. The molecule has 0 atom stereocenters. The van der Waals surface area contributed by atoms with Crippen LogP contribution in [0.25, 0.3) is 0 Å². The van der Waals surface area contributed by atoms with E-state index < -0.39 is 0 Å². The van der Waals surface area contributed by atoms with E-state index >= 15 is 0 Å². The van der Waals surface area contributed by atoms with Crippen molar-refractivity contribution in [1.82, 2.24) is 0 Å². The normalized spacial score (nSPS) is 9.90. The van der Waals surface area contributed by atoms with E-state index in [1.807, 2.05) is 0 Å². The third-order valence-corrected chi connectivity index (χ3v) is 3.45. The highest BCUT2D eigenvalue weighted by molar-refractivity contribution is 6.55. The zero-order valence-electron chi connectivity index (χ0n) is 7.82. The van der Waals surface area contributed by atoms with E-state index in [2.05, 4.69) is 18.5 Å². The van der Waals surface area contributed by atoms with E-state index in [1.54, 1.807) is 5.28 Å². The summed E-state index contributed by atoms with van der Waals surface area (Å²) in [5.41, 5.74) is 0. The van der Waals surface area contributed by atoms with Gasteiger partial charge < -0.3 is 0 Å². The van der Waals surface area contributed by atoms with Gasteiger partial charge >= 0.3 is 0 Å². The summed E-state index contributed by atoms with van der Waals surface area (Å²) in [5, 5.41) is 1.56. The molecule has 0 bridgehead atoms. The quantitative estimate of drug-likeness (QED) is 0.406. The maximum absolute atomic E-state index is 2.44. The van der Waals surface area contributed by atoms with Crippen molar-refractivity contribution in [3.8, 4) is 0 Å². The average Bonchev–Trinajstić information content (AvgIpc) is 1.87. The first-order valence-electron chi connectivity index (χ1n) is 4.77. The summed E-state index contributed by atoms with van der Waals surface area (Å²) in [6.07, 6.45) is 7.28. The Bertz CT molecular complexity index is 59.7. The molecule has 0 aliphatic carbocycles. The van der Waals surface area contributed by atoms with Gasteiger partial charge in [-0.3, -0.25) is 0 Å². The molecule has 0 saturated heterocycles. The molecule has 0 aromatic carbocycles. The van der Waals surface area contributed by atoms with Gasteiger partial charge in [0.15, 0.2) is 0 Å². The second-order valence-electron chi connectivity index (χ2n) is 3.60. The van der Waals surface area contributed by atoms with Gasteiger partial charge in [0, 0.05) is 0 Å². The van der Waals surface area contributed by atoms with Gasteiger partial charge in [0.25, 0.3) is 14.1 Å². The minimum Gasteiger partial charge on any atom is -0.106 e. The summed E-state index contributed by atoms with van der Waals surface area (Å²) in [7, 11) is 0. The highest BCUT2D eigenvalue weighted by Gasteiger charge is 1.99. The maximum atomic E-state index is 2.44. The van der Waals surface area contributed by atoms with E-state index in [1.165, 1.54) is 32.1 Å². The summed E-state index contributed by atoms with van der Waals surface area (Å²) in [6.45, 7) is 2.27. The summed E-state index contributed by atoms with van der Waals surface area (Å²) in [5.74, 6) is 4.89. The standard InChI is InChI=1S/C7H15.2CH3.Al/c1-3-5-7-6-4-2;;;/h1,3-7H2,2H3;2*1H3;. The van der Waals surface area contributed by atoms with Crippen LogP contribution in [-0.4, -0.2) is 14.1 Å². The predicted octanol–water partition coefficient (Wildman–Crippen LogP) is 3.71. The summed E-state index contributed by atoms with van der Waals surface area (Å²) < 4.78 is 0. The molecule has 0 nitrogen and oxygen atoms in total. The Kier molecular flexibility index (Phi) is 8.04. The van der Waals surface area contributed by atoms with Crippen LogP contribution < -0.4 is 0 Å². The first-order chi connectivity index (χ1) is 4.77. The van der Waals surface area contributed by atoms with Gasteiger partial charge in [0.05, 0.1) is 0 Å². The largest absolute Gasteiger partial charge is 0.255 e. The fourth-order valence-corrected chi connectivity index (χ4v) is 2.26. The van der Waals surface area contributed by atoms with Crippen LogP contribution in [0, 0.1) is 0 Å². The molecule has 0 N–H and O–H groups in total. The van der Waals surface area contributed by atoms with Crippen molar-refractivity contribution in [1.29, 1.82) is 0 Å². The number of rotatable bonds is 6. The lowest BCUT2D eigenvalue weighted by Crippen LogP contribution is -1.97. The molecule has 0 spiro atoms. The molecule has 0 unspecified atom stereocenters. The van der Waals surface area contributed by atoms with Crippen LogP contribution in [0.4, 0.5) is 0 Å². The Hall–Kier alpha value is 0.532. The van der Waals surface area contributed by atoms with Crippen molar-refractivity contribution in [2.24, 2.45) is 0 Å². The molecule has 0 aromatic rings. The van der Waals surface area contributed by atoms with E-state index in [4.69, 9.17) is 0 Å². The van der Waals surface area contributed by atoms with Crippen LogP contribution in [0.2, 0.25) is 16.9 Å². The first-order valence-corrected chi connectivity index (χ1v) is 7.90. The van der Waals surface area contributed by atoms with Crippen LogP contribution in [0.15, 0.2) is 0 Å². The lowest BCUT2D eigenvalue weighted by Gasteiger charge is -1.99. The maximum Gasteiger partial charge on any atom is 0.255 e. The molecule has 0 aliphatic rings. The average molecular weight is 156 g/mol. The van der Waals surface area contributed by atoms with E-state index in [0.717, 1.165) is 0 Å². The van der Waals surface area contributed by atoms with Gasteiger partial charge in [-0.2, -0.15) is 0 Å². The van der Waals surface area contributed by atoms with Crippen LogP contribution in [0.3, 0.4) is 0 Å². The number of hydrogen-bond acceptors (Lipinski definition) is 0. The second-order valence-corrected chi connectivity index (χ2v) is 6.96. The van der Waals surface area contributed by atoms with Crippen molar-refractivity contribution < 1.29 is 0 Å². The second kappa shape index (κ2) is 7.64. The number of unbranched alkanes of at least 4 members (excludes halogenated alkanes) is 4. The smallest absolute Gasteiger partial charge is 0.106 e. The van der Waals surface area contributed by atoms with E-state index in [-0.39, 0.29) is 14.1 Å². The van der Waals surface area contributed by atoms with Crippen LogP contribution in [-0.2, 0) is 0 Å². The molecular formula is C9H21Al. The molecule has 1 heteroatoms. The fourth-order valence-electron chi connectivity index (χ4n) is 1.16. The Morgan fingerprint density at radius 1 is 0.900 bits per heavy atom. The van der Waals surface area contributed by atoms with Crippen LogP contribution in [0.1, 0.15) is 39.0 Å². The molecule has 0 heterocycles. The third-order valence-electron chi connectivity index (χ3n) is 1.89. The van der Waals surface area contributed by atoms with Crippen molar-refractivity contribution in [2.75, 3.05) is 0 Å². The van der Waals surface area contributed by atoms with E-state index in [9.17, 15) is 0 Å². The first kappa shape index (κ1) is 10.5. The van der Waals surface area contributed by atoms with Crippen molar-refractivity contribution in [3.05, 3.63) is 0 Å². The molecule has 10 heavy (non-hydrogen) atoms. The van der Waals surface area contributed by atoms with Gasteiger partial charge in [0.1, 0.15) is 0 Å². The minimum absolute atomic E-state index is 0.222. The molecule has 60 valence electrons. The van der Waals surface area contributed by atoms with Gasteiger partial charge in [-0.1, -0.05) is 44.3 Å². The zero-order chi connectivity index (χ0) is 7.82. The van der Waals surface area contributed by atoms with Crippen molar-refractivity contribution in [3.63, 3.8) is 0 Å². The summed E-state index contributed by atoms with van der Waals surface area (Å²) in [4.78, 5) is 0. The lowest BCUT2D eigenvalue weighted by atomic mass is 10.2. The van der Waals surface area contributed by atoms with Gasteiger partial charge in [-0.15, -0.1) is 11.6 Å². The summed E-state index contributed by atoms with van der Waals surface area (Å²) >= 11 is -0.222. The summed E-state index contributed by atoms with van der Waals surface area (Å²) in [6, 6.07) is 0. The Morgan fingerprint density at radius 2 is 1.50 bits per heavy atom. The highest BCUT2D eigenvalue weighted by Crippen LogP contribution is 2.06. The van der Waals surface area contributed by atoms with Crippen LogP contribution >= 0.6 is 0 Å².